The molecule has 0 aliphatic heterocycles. The number of benzene rings is 2. The number of amides is 2. The van der Waals surface area contributed by atoms with Gasteiger partial charge in [-0.15, -0.1) is 10.2 Å². The summed E-state index contributed by atoms with van der Waals surface area (Å²) in [5, 5.41) is 23.3. The number of H-pyrrole nitrogens is 1. The van der Waals surface area contributed by atoms with E-state index in [4.69, 9.17) is 0 Å². The van der Waals surface area contributed by atoms with Crippen molar-refractivity contribution in [2.45, 2.75) is 13.1 Å². The molecule has 0 bridgehead atoms. The smallest absolute Gasteiger partial charge is 0.270 e. The second kappa shape index (κ2) is 9.43. The number of hydrogen-bond donors (Lipinski definition) is 3. The van der Waals surface area contributed by atoms with Crippen LogP contribution >= 0.6 is 0 Å². The van der Waals surface area contributed by atoms with E-state index in [2.05, 4.69) is 46.3 Å². The third-order valence-electron chi connectivity index (χ3n) is 5.09. The molecule has 0 saturated heterocycles. The van der Waals surface area contributed by atoms with Gasteiger partial charge in [0.15, 0.2) is 0 Å². The molecule has 0 radical (unpaired) electrons. The normalized spacial score (nSPS) is 10.9. The molecule has 3 N–H and O–H groups in total. The van der Waals surface area contributed by atoms with E-state index in [0.717, 1.165) is 11.1 Å². The maximum absolute atomic E-state index is 13.1. The predicted molar refractivity (Wildman–Crippen MR) is 119 cm³/mol. The third kappa shape index (κ3) is 4.83. The first-order valence-corrected chi connectivity index (χ1v) is 10.4. The van der Waals surface area contributed by atoms with Crippen LogP contribution in [0.25, 0.3) is 17.2 Å². The number of carbonyl (C=O) groups excluding carboxylic acids is 2. The fraction of sp³-hybridized carbons (Fsp3) is 0.0909. The molecule has 2 amide bonds. The number of fused-ring (bicyclic) bond motifs is 1. The molecular formula is C22H17FN10O2. The molecular weight excluding hydrogens is 455 g/mol. The van der Waals surface area contributed by atoms with Gasteiger partial charge in [-0.25, -0.2) is 9.37 Å². The quantitative estimate of drug-likeness (QED) is 0.320. The molecule has 0 aliphatic carbocycles. The Morgan fingerprint density at radius 3 is 2.31 bits per heavy atom. The molecule has 3 aromatic heterocycles. The molecule has 13 heteroatoms. The van der Waals surface area contributed by atoms with E-state index < -0.39 is 11.8 Å². The van der Waals surface area contributed by atoms with Crippen LogP contribution in [-0.4, -0.2) is 52.0 Å². The first-order chi connectivity index (χ1) is 17.1. The average Bonchev–Trinajstić information content (AvgIpc) is 3.59. The van der Waals surface area contributed by atoms with Crippen molar-refractivity contribution in [2.75, 3.05) is 0 Å². The highest BCUT2D eigenvalue weighted by molar-refractivity contribution is 5.98. The van der Waals surface area contributed by atoms with Crippen molar-refractivity contribution < 1.29 is 14.0 Å². The van der Waals surface area contributed by atoms with E-state index in [0.29, 0.717) is 11.4 Å². The van der Waals surface area contributed by atoms with E-state index in [1.807, 2.05) is 24.3 Å². The van der Waals surface area contributed by atoms with Crippen LogP contribution in [-0.2, 0) is 13.1 Å². The minimum atomic E-state index is -0.508. The van der Waals surface area contributed by atoms with E-state index >= 15 is 0 Å². The molecule has 5 rings (SSSR count). The fourth-order valence-electron chi connectivity index (χ4n) is 3.29. The van der Waals surface area contributed by atoms with Crippen molar-refractivity contribution in [3.8, 4) is 11.4 Å². The number of aromatic amines is 1. The van der Waals surface area contributed by atoms with E-state index in [1.165, 1.54) is 29.0 Å². The van der Waals surface area contributed by atoms with Crippen LogP contribution in [0.4, 0.5) is 4.39 Å². The van der Waals surface area contributed by atoms with Crippen molar-refractivity contribution in [3.63, 3.8) is 0 Å². The molecule has 3 heterocycles. The minimum absolute atomic E-state index is 0.00206. The van der Waals surface area contributed by atoms with Crippen LogP contribution in [0.15, 0.2) is 60.9 Å². The summed E-state index contributed by atoms with van der Waals surface area (Å²) in [7, 11) is 0. The van der Waals surface area contributed by atoms with Gasteiger partial charge in [0.05, 0.1) is 0 Å². The Morgan fingerprint density at radius 2 is 1.63 bits per heavy atom. The number of aromatic nitrogens is 8. The van der Waals surface area contributed by atoms with Crippen molar-refractivity contribution in [1.29, 1.82) is 0 Å². The van der Waals surface area contributed by atoms with Gasteiger partial charge in [-0.2, -0.15) is 19.8 Å². The maximum Gasteiger partial charge on any atom is 0.270 e. The van der Waals surface area contributed by atoms with Crippen LogP contribution in [0.3, 0.4) is 0 Å². The lowest BCUT2D eigenvalue weighted by molar-refractivity contribution is 0.0942. The molecule has 0 aliphatic rings. The first-order valence-electron chi connectivity index (χ1n) is 10.4. The van der Waals surface area contributed by atoms with Crippen molar-refractivity contribution in [2.24, 2.45) is 0 Å². The second-order valence-corrected chi connectivity index (χ2v) is 7.42. The number of halogens is 1. The zero-order chi connectivity index (χ0) is 24.2. The Labute approximate surface area is 196 Å². The Morgan fingerprint density at radius 1 is 0.943 bits per heavy atom. The van der Waals surface area contributed by atoms with Gasteiger partial charge in [-0.05, 0) is 28.5 Å². The molecule has 0 spiro atoms. The van der Waals surface area contributed by atoms with Gasteiger partial charge in [0, 0.05) is 24.7 Å². The summed E-state index contributed by atoms with van der Waals surface area (Å²) < 4.78 is 14.3. The van der Waals surface area contributed by atoms with E-state index in [1.54, 1.807) is 12.1 Å². The van der Waals surface area contributed by atoms with Crippen LogP contribution < -0.4 is 10.6 Å². The zero-order valence-corrected chi connectivity index (χ0v) is 18.0. The molecule has 2 aromatic carbocycles. The maximum atomic E-state index is 13.1. The summed E-state index contributed by atoms with van der Waals surface area (Å²) in [5.74, 6) is -0.758. The van der Waals surface area contributed by atoms with Crippen molar-refractivity contribution in [3.05, 3.63) is 89.3 Å². The largest absolute Gasteiger partial charge is 0.347 e. The fourth-order valence-corrected chi connectivity index (χ4v) is 3.29. The zero-order valence-electron chi connectivity index (χ0n) is 18.0. The highest BCUT2D eigenvalue weighted by Gasteiger charge is 2.18. The first kappa shape index (κ1) is 21.8. The summed E-state index contributed by atoms with van der Waals surface area (Å²) in [6.07, 6.45) is 1.25. The van der Waals surface area contributed by atoms with Gasteiger partial charge in [0.2, 0.25) is 5.82 Å². The molecule has 0 atom stereocenters. The number of rotatable bonds is 7. The Hall–Kier alpha value is -5.07. The van der Waals surface area contributed by atoms with E-state index in [-0.39, 0.29) is 36.1 Å². The van der Waals surface area contributed by atoms with Gasteiger partial charge >= 0.3 is 0 Å². The SMILES string of the molecule is O=C(NCc1ccc(F)cc1)c1cc(C(=O)NCc2ccc(-c3nn[nH]n3)cc2)n2ncnc2n1. The lowest BCUT2D eigenvalue weighted by Gasteiger charge is -2.09. The van der Waals surface area contributed by atoms with Crippen molar-refractivity contribution in [1.82, 2.24) is 50.8 Å². The number of nitrogens with one attached hydrogen (secondary N) is 3. The molecule has 0 saturated carbocycles. The standard InChI is InChI=1S/C22H17FN10O2/c23-16-7-3-14(4-8-16)10-24-20(34)17-9-18(33-22(28-17)26-12-27-33)21(35)25-11-13-1-5-15(6-2-13)19-29-31-32-30-19/h1-9,12H,10-11H2,(H,24,34)(H,25,35)(H,29,30,31,32). The Balaban J connectivity index is 1.29. The van der Waals surface area contributed by atoms with Crippen LogP contribution in [0.5, 0.6) is 0 Å². The van der Waals surface area contributed by atoms with Crippen molar-refractivity contribution >= 4 is 17.6 Å². The molecule has 35 heavy (non-hydrogen) atoms. The molecule has 0 fully saturated rings. The van der Waals surface area contributed by atoms with Gasteiger partial charge in [0.25, 0.3) is 17.6 Å². The molecule has 12 nitrogen and oxygen atoms in total. The summed E-state index contributed by atoms with van der Waals surface area (Å²) in [6.45, 7) is 0.399. The monoisotopic (exact) mass is 472 g/mol. The van der Waals surface area contributed by atoms with Crippen LogP contribution in [0.1, 0.15) is 32.1 Å². The average molecular weight is 472 g/mol. The Kier molecular flexibility index (Phi) is 5.86. The summed E-state index contributed by atoms with van der Waals surface area (Å²) in [4.78, 5) is 33.8. The van der Waals surface area contributed by atoms with E-state index in [9.17, 15) is 14.0 Å². The summed E-state index contributed by atoms with van der Waals surface area (Å²) >= 11 is 0. The minimum Gasteiger partial charge on any atom is -0.347 e. The van der Waals surface area contributed by atoms with Gasteiger partial charge in [-0.3, -0.25) is 9.59 Å². The highest BCUT2D eigenvalue weighted by atomic mass is 19.1. The number of carbonyl (C=O) groups is 2. The number of hydrogen-bond acceptors (Lipinski definition) is 8. The Bertz CT molecular complexity index is 1480. The van der Waals surface area contributed by atoms with Crippen LogP contribution in [0.2, 0.25) is 0 Å². The predicted octanol–water partition coefficient (Wildman–Crippen LogP) is 1.30. The van der Waals surface area contributed by atoms with Gasteiger partial charge < -0.3 is 10.6 Å². The van der Waals surface area contributed by atoms with Crippen LogP contribution in [0, 0.1) is 5.82 Å². The second-order valence-electron chi connectivity index (χ2n) is 7.42. The lowest BCUT2D eigenvalue weighted by Crippen LogP contribution is -2.28. The lowest BCUT2D eigenvalue weighted by atomic mass is 10.1. The summed E-state index contributed by atoms with van der Waals surface area (Å²) in [5.41, 5.74) is 2.44. The molecule has 0 unspecified atom stereocenters. The number of tetrazole rings is 1. The third-order valence-corrected chi connectivity index (χ3v) is 5.09. The van der Waals surface area contributed by atoms with Gasteiger partial charge in [0.1, 0.15) is 23.5 Å². The van der Waals surface area contributed by atoms with Gasteiger partial charge in [-0.1, -0.05) is 36.4 Å². The topological polar surface area (TPSA) is 156 Å². The molecule has 5 aromatic rings. The summed E-state index contributed by atoms with van der Waals surface area (Å²) in [6, 6.07) is 14.4. The molecule has 174 valence electrons. The highest BCUT2D eigenvalue weighted by Crippen LogP contribution is 2.14. The number of nitrogens with zero attached hydrogens (tertiary/aromatic N) is 7.